The van der Waals surface area contributed by atoms with Crippen LogP contribution < -0.4 is 0 Å². The Hall–Kier alpha value is -3.32. The van der Waals surface area contributed by atoms with Crippen molar-refractivity contribution in [3.05, 3.63) is 77.5 Å². The van der Waals surface area contributed by atoms with Gasteiger partial charge in [0, 0.05) is 5.56 Å². The van der Waals surface area contributed by atoms with Gasteiger partial charge in [-0.2, -0.15) is 4.98 Å². The van der Waals surface area contributed by atoms with Gasteiger partial charge in [-0.25, -0.2) is 9.37 Å². The third-order valence-corrected chi connectivity index (χ3v) is 4.88. The SMILES string of the molecule is Cc1cccc(-c2noc(-c3ncn4c3CO[C@@H](c3ccc(F)cc3)C4)n2)c1. The zero-order valence-corrected chi connectivity index (χ0v) is 15.2. The molecule has 0 amide bonds. The van der Waals surface area contributed by atoms with E-state index >= 15 is 0 Å². The molecule has 0 saturated heterocycles. The molecule has 4 aromatic rings. The highest BCUT2D eigenvalue weighted by Gasteiger charge is 2.26. The Morgan fingerprint density at radius 1 is 1.14 bits per heavy atom. The fraction of sp³-hybridized carbons (Fsp3) is 0.190. The minimum Gasteiger partial charge on any atom is -0.365 e. The fourth-order valence-corrected chi connectivity index (χ4v) is 3.41. The number of halogens is 1. The lowest BCUT2D eigenvalue weighted by molar-refractivity contribution is 0.00326. The van der Waals surface area contributed by atoms with Crippen molar-refractivity contribution in [3.8, 4) is 23.0 Å². The van der Waals surface area contributed by atoms with Gasteiger partial charge in [-0.05, 0) is 30.7 Å². The molecule has 0 N–H and O–H groups in total. The van der Waals surface area contributed by atoms with Crippen LogP contribution in [-0.4, -0.2) is 19.7 Å². The van der Waals surface area contributed by atoms with Crippen molar-refractivity contribution in [2.24, 2.45) is 0 Å². The van der Waals surface area contributed by atoms with Crippen molar-refractivity contribution in [1.82, 2.24) is 19.7 Å². The first-order valence-electron chi connectivity index (χ1n) is 8.99. The van der Waals surface area contributed by atoms with Gasteiger partial charge in [0.2, 0.25) is 5.82 Å². The van der Waals surface area contributed by atoms with Gasteiger partial charge in [0.05, 0.1) is 25.2 Å². The Morgan fingerprint density at radius 2 is 2.00 bits per heavy atom. The summed E-state index contributed by atoms with van der Waals surface area (Å²) in [5.74, 6) is 0.640. The third kappa shape index (κ3) is 2.99. The van der Waals surface area contributed by atoms with E-state index in [4.69, 9.17) is 9.26 Å². The second-order valence-corrected chi connectivity index (χ2v) is 6.84. The Bertz CT molecular complexity index is 1130. The summed E-state index contributed by atoms with van der Waals surface area (Å²) in [6.45, 7) is 2.97. The lowest BCUT2D eigenvalue weighted by atomic mass is 10.1. The molecule has 3 heterocycles. The molecule has 1 atom stereocenters. The summed E-state index contributed by atoms with van der Waals surface area (Å²) in [6.07, 6.45) is 1.60. The summed E-state index contributed by atoms with van der Waals surface area (Å²) >= 11 is 0. The van der Waals surface area contributed by atoms with E-state index < -0.39 is 0 Å². The molecule has 0 aliphatic carbocycles. The number of rotatable bonds is 3. The second kappa shape index (κ2) is 6.69. The predicted octanol–water partition coefficient (Wildman–Crippen LogP) is 4.32. The molecule has 7 heteroatoms. The van der Waals surface area contributed by atoms with E-state index in [-0.39, 0.29) is 11.9 Å². The van der Waals surface area contributed by atoms with Crippen molar-refractivity contribution in [3.63, 3.8) is 0 Å². The predicted molar refractivity (Wildman–Crippen MR) is 99.6 cm³/mol. The smallest absolute Gasteiger partial charge is 0.278 e. The van der Waals surface area contributed by atoms with E-state index in [1.54, 1.807) is 18.5 Å². The number of fused-ring (bicyclic) bond motifs is 1. The zero-order valence-electron chi connectivity index (χ0n) is 15.2. The maximum Gasteiger partial charge on any atom is 0.278 e. The lowest BCUT2D eigenvalue weighted by Gasteiger charge is -2.25. The summed E-state index contributed by atoms with van der Waals surface area (Å²) in [7, 11) is 0. The van der Waals surface area contributed by atoms with Crippen molar-refractivity contribution in [2.45, 2.75) is 26.2 Å². The highest BCUT2D eigenvalue weighted by Crippen LogP contribution is 2.32. The zero-order chi connectivity index (χ0) is 19.1. The Labute approximate surface area is 160 Å². The van der Waals surface area contributed by atoms with Crippen molar-refractivity contribution >= 4 is 0 Å². The average Bonchev–Trinajstić information content (AvgIpc) is 3.35. The summed E-state index contributed by atoms with van der Waals surface area (Å²) in [5.41, 5.74) is 4.47. The lowest BCUT2D eigenvalue weighted by Crippen LogP contribution is -2.20. The van der Waals surface area contributed by atoms with Crippen LogP contribution in [0.15, 0.2) is 59.4 Å². The number of aromatic nitrogens is 4. The standard InChI is InChI=1S/C21H17FN4O2/c1-13-3-2-4-15(9-13)20-24-21(28-25-20)19-17-11-27-18(10-26(17)12-23-19)14-5-7-16(22)8-6-14/h2-9,12,18H,10-11H2,1H3/t18-/m1/s1. The Balaban J connectivity index is 1.42. The van der Waals surface area contributed by atoms with Gasteiger partial charge in [0.15, 0.2) is 5.69 Å². The van der Waals surface area contributed by atoms with Crippen LogP contribution >= 0.6 is 0 Å². The molecule has 0 bridgehead atoms. The monoisotopic (exact) mass is 376 g/mol. The van der Waals surface area contributed by atoms with Gasteiger partial charge in [-0.3, -0.25) is 0 Å². The minimum atomic E-state index is -0.258. The molecule has 1 aliphatic heterocycles. The molecule has 5 rings (SSSR count). The van der Waals surface area contributed by atoms with Crippen LogP contribution in [0.25, 0.3) is 23.0 Å². The number of aryl methyl sites for hydroxylation is 1. The average molecular weight is 376 g/mol. The summed E-state index contributed by atoms with van der Waals surface area (Å²) in [5, 5.41) is 4.09. The number of ether oxygens (including phenoxy) is 1. The molecule has 6 nitrogen and oxygen atoms in total. The molecule has 1 aliphatic rings. The molecule has 28 heavy (non-hydrogen) atoms. The highest BCUT2D eigenvalue weighted by molar-refractivity contribution is 5.59. The molecule has 140 valence electrons. The van der Waals surface area contributed by atoms with Crippen LogP contribution in [-0.2, 0) is 17.9 Å². The van der Waals surface area contributed by atoms with Crippen molar-refractivity contribution < 1.29 is 13.7 Å². The molecule has 0 radical (unpaired) electrons. The van der Waals surface area contributed by atoms with E-state index in [1.165, 1.54) is 12.1 Å². The van der Waals surface area contributed by atoms with Crippen LogP contribution in [0.3, 0.4) is 0 Å². The first-order valence-corrected chi connectivity index (χ1v) is 8.99. The van der Waals surface area contributed by atoms with Crippen molar-refractivity contribution in [2.75, 3.05) is 0 Å². The van der Waals surface area contributed by atoms with Crippen LogP contribution in [0, 0.1) is 12.7 Å². The van der Waals surface area contributed by atoms with Crippen LogP contribution in [0.2, 0.25) is 0 Å². The molecule has 2 aromatic heterocycles. The topological polar surface area (TPSA) is 66.0 Å². The van der Waals surface area contributed by atoms with Gasteiger partial charge < -0.3 is 13.8 Å². The molecular formula is C21H17FN4O2. The molecule has 0 saturated carbocycles. The molecular weight excluding hydrogens is 359 g/mol. The van der Waals surface area contributed by atoms with E-state index in [2.05, 4.69) is 15.1 Å². The number of benzene rings is 2. The molecule has 0 fully saturated rings. The summed E-state index contributed by atoms with van der Waals surface area (Å²) < 4.78 is 26.6. The fourth-order valence-electron chi connectivity index (χ4n) is 3.41. The van der Waals surface area contributed by atoms with Crippen LogP contribution in [0.5, 0.6) is 0 Å². The van der Waals surface area contributed by atoms with E-state index in [0.29, 0.717) is 30.6 Å². The van der Waals surface area contributed by atoms with Gasteiger partial charge >= 0.3 is 0 Å². The third-order valence-electron chi connectivity index (χ3n) is 4.88. The van der Waals surface area contributed by atoms with Gasteiger partial charge in [0.1, 0.15) is 11.9 Å². The number of hydrogen-bond donors (Lipinski definition) is 0. The summed E-state index contributed by atoms with van der Waals surface area (Å²) in [4.78, 5) is 8.97. The maximum absolute atomic E-state index is 13.2. The second-order valence-electron chi connectivity index (χ2n) is 6.84. The van der Waals surface area contributed by atoms with Crippen LogP contribution in [0.1, 0.15) is 22.9 Å². The first-order chi connectivity index (χ1) is 13.7. The van der Waals surface area contributed by atoms with Crippen LogP contribution in [0.4, 0.5) is 4.39 Å². The largest absolute Gasteiger partial charge is 0.365 e. The minimum absolute atomic E-state index is 0.152. The van der Waals surface area contributed by atoms with E-state index in [0.717, 1.165) is 22.4 Å². The van der Waals surface area contributed by atoms with Gasteiger partial charge in [-0.15, -0.1) is 0 Å². The van der Waals surface area contributed by atoms with Gasteiger partial charge in [0.25, 0.3) is 5.89 Å². The molecule has 0 unspecified atom stereocenters. The van der Waals surface area contributed by atoms with E-state index in [9.17, 15) is 4.39 Å². The Morgan fingerprint density at radius 3 is 2.82 bits per heavy atom. The number of hydrogen-bond acceptors (Lipinski definition) is 5. The Kier molecular flexibility index (Phi) is 4.02. The number of imidazole rings is 1. The highest BCUT2D eigenvalue weighted by atomic mass is 19.1. The quantitative estimate of drug-likeness (QED) is 0.533. The number of nitrogens with zero attached hydrogens (tertiary/aromatic N) is 4. The normalized spacial score (nSPS) is 16.1. The first kappa shape index (κ1) is 16.8. The molecule has 2 aromatic carbocycles. The van der Waals surface area contributed by atoms with Gasteiger partial charge in [-0.1, -0.05) is 41.1 Å². The molecule has 0 spiro atoms. The van der Waals surface area contributed by atoms with Crippen molar-refractivity contribution in [1.29, 1.82) is 0 Å². The summed E-state index contributed by atoms with van der Waals surface area (Å²) in [6, 6.07) is 14.3. The maximum atomic E-state index is 13.2. The van der Waals surface area contributed by atoms with E-state index in [1.807, 2.05) is 35.8 Å².